The Hall–Kier alpha value is -7.55. The molecule has 0 saturated heterocycles. The number of hydrogen-bond acceptors (Lipinski definition) is 4. The van der Waals surface area contributed by atoms with Crippen LogP contribution in [-0.4, -0.2) is 4.57 Å². The lowest BCUT2D eigenvalue weighted by Crippen LogP contribution is -2.09. The first-order valence-corrected chi connectivity index (χ1v) is 18.4. The minimum atomic E-state index is -0.293. The molecule has 0 fully saturated rings. The first-order chi connectivity index (χ1) is 27.2. The van der Waals surface area contributed by atoms with E-state index in [1.54, 1.807) is 0 Å². The number of aromatic nitrogens is 1. The van der Waals surface area contributed by atoms with E-state index in [9.17, 15) is 5.26 Å². The number of nitrogens with one attached hydrogen (secondary N) is 1. The first kappa shape index (κ1) is 32.1. The fourth-order valence-electron chi connectivity index (χ4n) is 7.79. The predicted molar refractivity (Wildman–Crippen MR) is 224 cm³/mol. The molecule has 1 N–H and O–H groups in total. The van der Waals surface area contributed by atoms with Gasteiger partial charge in [-0.05, 0) is 107 Å². The van der Waals surface area contributed by atoms with Crippen molar-refractivity contribution < 1.29 is 4.74 Å². The first-order valence-electron chi connectivity index (χ1n) is 18.4. The Labute approximate surface area is 319 Å². The maximum absolute atomic E-state index is 9.38. The van der Waals surface area contributed by atoms with Gasteiger partial charge in [-0.3, -0.25) is 0 Å². The number of para-hydroxylation sites is 2. The molecule has 0 amide bonds. The molecule has 55 heavy (non-hydrogen) atoms. The molecule has 1 aliphatic rings. The Bertz CT molecular complexity index is 2820. The summed E-state index contributed by atoms with van der Waals surface area (Å²) in [5.74, 6) is 0.833. The molecule has 8 aromatic carbocycles. The van der Waals surface area contributed by atoms with E-state index in [2.05, 4.69) is 160 Å². The van der Waals surface area contributed by atoms with Gasteiger partial charge in [0.2, 0.25) is 0 Å². The van der Waals surface area contributed by atoms with Crippen LogP contribution < -0.4 is 15.0 Å². The van der Waals surface area contributed by atoms with Crippen LogP contribution in [0.1, 0.15) is 17.4 Å². The van der Waals surface area contributed by atoms with Crippen LogP contribution in [0.25, 0.3) is 49.7 Å². The van der Waals surface area contributed by atoms with Crippen LogP contribution >= 0.6 is 0 Å². The summed E-state index contributed by atoms with van der Waals surface area (Å²) in [5, 5.41) is 15.3. The quantitative estimate of drug-likeness (QED) is 0.179. The van der Waals surface area contributed by atoms with Crippen molar-refractivity contribution in [1.82, 2.24) is 4.57 Å². The highest BCUT2D eigenvalue weighted by molar-refractivity contribution is 6.14. The summed E-state index contributed by atoms with van der Waals surface area (Å²) in [6.07, 6.45) is -0.293. The van der Waals surface area contributed by atoms with Gasteiger partial charge in [-0.1, -0.05) is 109 Å². The molecule has 0 spiro atoms. The zero-order valence-electron chi connectivity index (χ0n) is 29.8. The van der Waals surface area contributed by atoms with Crippen molar-refractivity contribution in [3.05, 3.63) is 205 Å². The summed E-state index contributed by atoms with van der Waals surface area (Å²) in [7, 11) is 0. The van der Waals surface area contributed by atoms with Gasteiger partial charge in [-0.15, -0.1) is 0 Å². The van der Waals surface area contributed by atoms with Gasteiger partial charge in [0.1, 0.15) is 0 Å². The van der Waals surface area contributed by atoms with E-state index in [1.807, 2.05) is 54.6 Å². The Balaban J connectivity index is 1.10. The lowest BCUT2D eigenvalue weighted by Gasteiger charge is -2.25. The second-order valence-electron chi connectivity index (χ2n) is 13.8. The van der Waals surface area contributed by atoms with Gasteiger partial charge < -0.3 is 19.5 Å². The van der Waals surface area contributed by atoms with Crippen molar-refractivity contribution in [2.75, 3.05) is 10.2 Å². The molecule has 1 aromatic heterocycles. The summed E-state index contributed by atoms with van der Waals surface area (Å²) < 4.78 is 9.12. The van der Waals surface area contributed by atoms with Crippen molar-refractivity contribution in [3.63, 3.8) is 0 Å². The van der Waals surface area contributed by atoms with E-state index in [-0.39, 0.29) is 6.23 Å². The largest absolute Gasteiger partial charge is 0.462 e. The lowest BCUT2D eigenvalue weighted by molar-refractivity contribution is 0.262. The second kappa shape index (κ2) is 13.5. The Kier molecular flexibility index (Phi) is 7.86. The van der Waals surface area contributed by atoms with Gasteiger partial charge in [0.25, 0.3) is 0 Å². The number of hydrogen-bond donors (Lipinski definition) is 1. The number of benzene rings is 8. The topological polar surface area (TPSA) is 53.2 Å². The van der Waals surface area contributed by atoms with Crippen LogP contribution in [0.15, 0.2) is 194 Å². The molecule has 0 aliphatic carbocycles. The number of rotatable bonds is 7. The zero-order chi connectivity index (χ0) is 36.7. The number of nitrogens with zero attached hydrogens (tertiary/aromatic N) is 3. The predicted octanol–water partition coefficient (Wildman–Crippen LogP) is 13.0. The molecular weight excluding hydrogens is 673 g/mol. The molecule has 0 radical (unpaired) electrons. The molecule has 1 atom stereocenters. The average Bonchev–Trinajstić information content (AvgIpc) is 3.85. The van der Waals surface area contributed by atoms with E-state index in [4.69, 9.17) is 4.74 Å². The molecule has 0 saturated carbocycles. The fourth-order valence-corrected chi connectivity index (χ4v) is 7.79. The summed E-state index contributed by atoms with van der Waals surface area (Å²) in [6, 6.07) is 69.8. The third-order valence-corrected chi connectivity index (χ3v) is 10.4. The van der Waals surface area contributed by atoms with E-state index in [0.29, 0.717) is 5.56 Å². The second-order valence-corrected chi connectivity index (χ2v) is 13.8. The maximum atomic E-state index is 9.38. The summed E-state index contributed by atoms with van der Waals surface area (Å²) >= 11 is 0. The number of fused-ring (bicyclic) bond motifs is 5. The van der Waals surface area contributed by atoms with Crippen LogP contribution in [0.3, 0.4) is 0 Å². The summed E-state index contributed by atoms with van der Waals surface area (Å²) in [4.78, 5) is 2.28. The number of ether oxygens (including phenoxy) is 1. The Morgan fingerprint density at radius 1 is 0.527 bits per heavy atom. The van der Waals surface area contributed by atoms with Gasteiger partial charge in [0.05, 0.1) is 28.4 Å². The highest BCUT2D eigenvalue weighted by Crippen LogP contribution is 2.48. The van der Waals surface area contributed by atoms with Crippen LogP contribution in [0.4, 0.5) is 22.7 Å². The van der Waals surface area contributed by atoms with Gasteiger partial charge in [-0.25, -0.2) is 0 Å². The standard InChI is InChI=1S/C50H34N4O/c51-33-34-19-21-35(22-20-34)38-13-10-18-43(31-38)54-47-30-25-39(32-45(47)44-28-29-46-49(48(44)54)55-50(52-46)37-11-4-1-5-12-37)36-23-26-42(27-24-36)53(40-14-6-2-7-15-40)41-16-8-3-9-17-41/h1-32,50,52H. The van der Waals surface area contributed by atoms with Crippen LogP contribution in [0.2, 0.25) is 0 Å². The van der Waals surface area contributed by atoms with Crippen LogP contribution in [-0.2, 0) is 0 Å². The van der Waals surface area contributed by atoms with Crippen molar-refractivity contribution in [2.45, 2.75) is 6.23 Å². The molecular formula is C50H34N4O. The molecule has 9 aromatic rings. The van der Waals surface area contributed by atoms with Crippen molar-refractivity contribution in [3.8, 4) is 39.8 Å². The van der Waals surface area contributed by atoms with Gasteiger partial charge in [0, 0.05) is 39.1 Å². The average molecular weight is 707 g/mol. The smallest absolute Gasteiger partial charge is 0.196 e. The van der Waals surface area contributed by atoms with Gasteiger partial charge in [-0.2, -0.15) is 5.26 Å². The fraction of sp³-hybridized carbons (Fsp3) is 0.0200. The minimum absolute atomic E-state index is 0.293. The maximum Gasteiger partial charge on any atom is 0.196 e. The molecule has 0 bridgehead atoms. The normalized spacial score (nSPS) is 13.2. The highest BCUT2D eigenvalue weighted by Gasteiger charge is 2.29. The van der Waals surface area contributed by atoms with Crippen LogP contribution in [0, 0.1) is 11.3 Å². The molecule has 260 valence electrons. The Morgan fingerprint density at radius 3 is 1.80 bits per heavy atom. The molecule has 2 heterocycles. The number of nitriles is 1. The Morgan fingerprint density at radius 2 is 1.13 bits per heavy atom. The minimum Gasteiger partial charge on any atom is -0.462 e. The summed E-state index contributed by atoms with van der Waals surface area (Å²) in [5.41, 5.74) is 13.5. The van der Waals surface area contributed by atoms with E-state index < -0.39 is 0 Å². The van der Waals surface area contributed by atoms with Crippen molar-refractivity contribution >= 4 is 44.6 Å². The van der Waals surface area contributed by atoms with Crippen molar-refractivity contribution in [1.29, 1.82) is 5.26 Å². The summed E-state index contributed by atoms with van der Waals surface area (Å²) in [6.45, 7) is 0. The molecule has 1 aliphatic heterocycles. The molecule has 10 rings (SSSR count). The third-order valence-electron chi connectivity index (χ3n) is 10.4. The SMILES string of the molecule is N#Cc1ccc(-c2cccc(-n3c4ccc(-c5ccc(N(c6ccccc6)c6ccccc6)cc5)cc4c4ccc5c(c43)OC(c3ccccc3)N5)c2)cc1. The molecule has 5 heteroatoms. The van der Waals surface area contributed by atoms with Gasteiger partial charge in [0.15, 0.2) is 12.0 Å². The lowest BCUT2D eigenvalue weighted by atomic mass is 10.0. The van der Waals surface area contributed by atoms with E-state index in [0.717, 1.165) is 83.8 Å². The number of anilines is 4. The third kappa shape index (κ3) is 5.74. The van der Waals surface area contributed by atoms with E-state index in [1.165, 1.54) is 0 Å². The molecule has 5 nitrogen and oxygen atoms in total. The molecule has 1 unspecified atom stereocenters. The zero-order valence-corrected chi connectivity index (χ0v) is 29.8. The van der Waals surface area contributed by atoms with Crippen LogP contribution in [0.5, 0.6) is 5.75 Å². The van der Waals surface area contributed by atoms with E-state index >= 15 is 0 Å². The van der Waals surface area contributed by atoms with Crippen molar-refractivity contribution in [2.24, 2.45) is 0 Å². The van der Waals surface area contributed by atoms with Gasteiger partial charge >= 0.3 is 0 Å². The highest BCUT2D eigenvalue weighted by atomic mass is 16.5. The monoisotopic (exact) mass is 706 g/mol.